The second-order valence-corrected chi connectivity index (χ2v) is 11.6. The molecule has 206 valence electrons. The first kappa shape index (κ1) is 20.3. The monoisotopic (exact) mass is 585 g/mol. The third-order valence-corrected chi connectivity index (χ3v) is 9.06. The molecule has 0 fully saturated rings. The van der Waals surface area contributed by atoms with Crippen molar-refractivity contribution in [2.45, 2.75) is 0 Å². The van der Waals surface area contributed by atoms with Crippen LogP contribution >= 0.6 is 11.3 Å². The second-order valence-electron chi connectivity index (χ2n) is 10.5. The van der Waals surface area contributed by atoms with Gasteiger partial charge in [-0.25, -0.2) is 15.0 Å². The van der Waals surface area contributed by atoms with Gasteiger partial charge < -0.3 is 4.57 Å². The lowest BCUT2D eigenvalue weighted by molar-refractivity contribution is 1.07. The summed E-state index contributed by atoms with van der Waals surface area (Å²) in [6.07, 6.45) is 0. The van der Waals surface area contributed by atoms with Gasteiger partial charge in [0.2, 0.25) is 0 Å². The lowest BCUT2D eigenvalue weighted by atomic mass is 10.1. The van der Waals surface area contributed by atoms with Crippen LogP contribution in [0, 0.1) is 0 Å². The van der Waals surface area contributed by atoms with Crippen molar-refractivity contribution in [3.8, 4) is 39.9 Å². The Balaban J connectivity index is 1.21. The quantitative estimate of drug-likeness (QED) is 0.206. The molecule has 4 nitrogen and oxygen atoms in total. The highest BCUT2D eigenvalue weighted by atomic mass is 32.1. The van der Waals surface area contributed by atoms with Crippen molar-refractivity contribution in [1.29, 1.82) is 0 Å². The van der Waals surface area contributed by atoms with Gasteiger partial charge in [-0.1, -0.05) is 115 Å². The van der Waals surface area contributed by atoms with Gasteiger partial charge in [0.1, 0.15) is 0 Å². The van der Waals surface area contributed by atoms with Crippen molar-refractivity contribution in [3.05, 3.63) is 145 Å². The standard InChI is InChI=1S/C39H24N4S/c1-3-11-25(12-4-1)37-40-38(26-13-5-2-6-14-26)42-39(41-37)27-19-21-31-32-22-20-28(24-36(32)44-35(31)23-27)43-33-17-9-7-15-29(33)30-16-8-10-18-34(30)43/h1-24H/i1D,3D,4D,11D,12D. The number of fused-ring (bicyclic) bond motifs is 6. The Labute approximate surface area is 264 Å². The van der Waals surface area contributed by atoms with Crippen LogP contribution in [-0.2, 0) is 0 Å². The Morgan fingerprint density at radius 1 is 0.477 bits per heavy atom. The van der Waals surface area contributed by atoms with E-state index in [2.05, 4.69) is 88.4 Å². The van der Waals surface area contributed by atoms with E-state index >= 15 is 0 Å². The summed E-state index contributed by atoms with van der Waals surface area (Å²) >= 11 is 1.69. The average Bonchev–Trinajstić information content (AvgIpc) is 3.68. The summed E-state index contributed by atoms with van der Waals surface area (Å²) in [6.45, 7) is 0. The van der Waals surface area contributed by atoms with Crippen LogP contribution in [0.25, 0.3) is 81.8 Å². The van der Waals surface area contributed by atoms with Gasteiger partial charge in [0.05, 0.1) is 17.9 Å². The van der Waals surface area contributed by atoms with E-state index in [0.717, 1.165) is 48.0 Å². The van der Waals surface area contributed by atoms with Crippen molar-refractivity contribution in [1.82, 2.24) is 19.5 Å². The molecule has 0 bridgehead atoms. The van der Waals surface area contributed by atoms with Crippen LogP contribution in [0.1, 0.15) is 6.85 Å². The van der Waals surface area contributed by atoms with Gasteiger partial charge in [-0.15, -0.1) is 11.3 Å². The maximum atomic E-state index is 8.58. The largest absolute Gasteiger partial charge is 0.309 e. The maximum absolute atomic E-state index is 8.58. The van der Waals surface area contributed by atoms with Gasteiger partial charge in [0.15, 0.2) is 17.5 Å². The molecule has 0 aliphatic rings. The minimum atomic E-state index is -0.465. The van der Waals surface area contributed by atoms with Crippen molar-refractivity contribution >= 4 is 53.3 Å². The summed E-state index contributed by atoms with van der Waals surface area (Å²) in [4.78, 5) is 14.1. The summed E-state index contributed by atoms with van der Waals surface area (Å²) in [5, 5.41) is 4.70. The van der Waals surface area contributed by atoms with Gasteiger partial charge in [-0.3, -0.25) is 0 Å². The van der Waals surface area contributed by atoms with Gasteiger partial charge in [-0.05, 0) is 30.3 Å². The van der Waals surface area contributed by atoms with Crippen LogP contribution in [0.4, 0.5) is 0 Å². The van der Waals surface area contributed by atoms with E-state index < -0.39 is 18.1 Å². The highest BCUT2D eigenvalue weighted by molar-refractivity contribution is 7.25. The molecule has 3 aromatic heterocycles. The normalized spacial score (nSPS) is 13.2. The SMILES string of the molecule is [2H]c1c([2H])c([2H])c(-c2nc(-c3ccccc3)nc(-c3ccc4c(c3)sc3cc(-n5c6ccccc6c6ccccc65)ccc34)n2)c([2H])c1[2H]. The van der Waals surface area contributed by atoms with Crippen LogP contribution in [-0.4, -0.2) is 19.5 Å². The number of hydrogen-bond acceptors (Lipinski definition) is 4. The molecule has 6 aromatic carbocycles. The van der Waals surface area contributed by atoms with E-state index in [9.17, 15) is 0 Å². The molecule has 0 spiro atoms. The summed E-state index contributed by atoms with van der Waals surface area (Å²) in [5.74, 6) is 0.716. The number of thiophene rings is 1. The minimum absolute atomic E-state index is 0.0214. The summed E-state index contributed by atoms with van der Waals surface area (Å²) in [7, 11) is 0. The van der Waals surface area contributed by atoms with Crippen LogP contribution in [0.2, 0.25) is 0 Å². The Bertz CT molecular complexity index is 2710. The van der Waals surface area contributed by atoms with Crippen LogP contribution < -0.4 is 0 Å². The summed E-state index contributed by atoms with van der Waals surface area (Å²) in [5.41, 5.74) is 4.79. The fourth-order valence-corrected chi connectivity index (χ4v) is 7.12. The van der Waals surface area contributed by atoms with Crippen molar-refractivity contribution < 1.29 is 6.85 Å². The van der Waals surface area contributed by atoms with E-state index in [1.54, 1.807) is 11.3 Å². The van der Waals surface area contributed by atoms with E-state index in [-0.39, 0.29) is 23.5 Å². The molecular weight excluding hydrogens is 557 g/mol. The topological polar surface area (TPSA) is 43.6 Å². The molecule has 0 aliphatic carbocycles. The molecule has 9 aromatic rings. The van der Waals surface area contributed by atoms with Crippen LogP contribution in [0.3, 0.4) is 0 Å². The van der Waals surface area contributed by atoms with Crippen LogP contribution in [0.5, 0.6) is 0 Å². The van der Waals surface area contributed by atoms with Gasteiger partial charge in [-0.2, -0.15) is 0 Å². The average molecular weight is 586 g/mol. The molecule has 0 amide bonds. The highest BCUT2D eigenvalue weighted by Crippen LogP contribution is 2.39. The van der Waals surface area contributed by atoms with E-state index in [1.807, 2.05) is 36.4 Å². The van der Waals surface area contributed by atoms with Crippen LogP contribution in [0.15, 0.2) is 145 Å². The number of rotatable bonds is 4. The third-order valence-electron chi connectivity index (χ3n) is 7.94. The van der Waals surface area contributed by atoms with Gasteiger partial charge in [0, 0.05) is 53.3 Å². The first-order chi connectivity index (χ1) is 23.9. The molecule has 0 saturated carbocycles. The molecule has 0 aliphatic heterocycles. The zero-order valence-corrected chi connectivity index (χ0v) is 24.0. The second kappa shape index (κ2) is 9.97. The molecule has 5 heteroatoms. The first-order valence-electron chi connectivity index (χ1n) is 16.7. The predicted molar refractivity (Wildman–Crippen MR) is 183 cm³/mol. The molecule has 0 unspecified atom stereocenters. The zero-order valence-electron chi connectivity index (χ0n) is 28.2. The summed E-state index contributed by atoms with van der Waals surface area (Å²) in [6, 6.07) is 37.0. The van der Waals surface area contributed by atoms with Gasteiger partial charge in [0.25, 0.3) is 0 Å². The highest BCUT2D eigenvalue weighted by Gasteiger charge is 2.16. The number of para-hydroxylation sites is 2. The fraction of sp³-hybridized carbons (Fsp3) is 0. The Kier molecular flexibility index (Phi) is 4.60. The minimum Gasteiger partial charge on any atom is -0.309 e. The third kappa shape index (κ3) is 4.02. The molecule has 0 N–H and O–H groups in total. The molecule has 9 rings (SSSR count). The maximum Gasteiger partial charge on any atom is 0.164 e. The lowest BCUT2D eigenvalue weighted by Gasteiger charge is -2.08. The van der Waals surface area contributed by atoms with E-state index in [0.29, 0.717) is 11.6 Å². The first-order valence-corrected chi connectivity index (χ1v) is 15.0. The predicted octanol–water partition coefficient (Wildman–Crippen LogP) is 10.3. The molecular formula is C39H24N4S. The molecule has 0 atom stereocenters. The molecule has 44 heavy (non-hydrogen) atoms. The Morgan fingerprint density at radius 2 is 1.05 bits per heavy atom. The molecule has 0 radical (unpaired) electrons. The van der Waals surface area contributed by atoms with Crippen molar-refractivity contribution in [2.24, 2.45) is 0 Å². The number of benzene rings is 6. The number of nitrogens with zero attached hydrogens (tertiary/aromatic N) is 4. The number of aromatic nitrogens is 4. The van der Waals surface area contributed by atoms with Crippen molar-refractivity contribution in [2.75, 3.05) is 0 Å². The molecule has 0 saturated heterocycles. The zero-order chi connectivity index (χ0) is 33.4. The van der Waals surface area contributed by atoms with E-state index in [1.165, 1.54) is 10.8 Å². The Hall–Kier alpha value is -5.65. The Morgan fingerprint density at radius 3 is 1.75 bits per heavy atom. The summed E-state index contributed by atoms with van der Waals surface area (Å²) < 4.78 is 46.2. The fourth-order valence-electron chi connectivity index (χ4n) is 5.94. The lowest BCUT2D eigenvalue weighted by Crippen LogP contribution is -1.99. The van der Waals surface area contributed by atoms with Gasteiger partial charge >= 0.3 is 0 Å². The smallest absolute Gasteiger partial charge is 0.164 e. The van der Waals surface area contributed by atoms with Crippen molar-refractivity contribution in [3.63, 3.8) is 0 Å². The molecule has 3 heterocycles. The number of hydrogen-bond donors (Lipinski definition) is 0. The van der Waals surface area contributed by atoms with E-state index in [4.69, 9.17) is 16.8 Å².